The lowest BCUT2D eigenvalue weighted by atomic mass is 9.75. The van der Waals surface area contributed by atoms with Crippen molar-refractivity contribution in [3.05, 3.63) is 66.7 Å². The minimum atomic E-state index is -4.25. The molecule has 3 rings (SSSR count). The number of ether oxygens (including phenoxy) is 1. The summed E-state index contributed by atoms with van der Waals surface area (Å²) in [5, 5.41) is 9.14. The van der Waals surface area contributed by atoms with Crippen LogP contribution in [0, 0.1) is 16.7 Å². The van der Waals surface area contributed by atoms with E-state index in [4.69, 9.17) is 9.84 Å². The summed E-state index contributed by atoms with van der Waals surface area (Å²) in [7, 11) is -4.25. The van der Waals surface area contributed by atoms with E-state index in [1.165, 1.54) is 42.5 Å². The molecule has 0 bridgehead atoms. The number of rotatable bonds is 7. The van der Waals surface area contributed by atoms with E-state index in [-0.39, 0.29) is 27.9 Å². The molecule has 1 saturated carbocycles. The Bertz CT molecular complexity index is 1150. The number of sulfonamides is 1. The number of benzene rings is 2. The van der Waals surface area contributed by atoms with Crippen LogP contribution in [0.5, 0.6) is 11.5 Å². The van der Waals surface area contributed by atoms with Crippen molar-refractivity contribution in [2.45, 2.75) is 32.1 Å². The van der Waals surface area contributed by atoms with Crippen molar-refractivity contribution < 1.29 is 27.9 Å². The molecule has 0 aromatic heterocycles. The maximum absolute atomic E-state index is 13.1. The Morgan fingerprint density at radius 3 is 2.45 bits per heavy atom. The monoisotopic (exact) mass is 443 g/mol. The van der Waals surface area contributed by atoms with E-state index in [0.29, 0.717) is 6.42 Å². The number of hydrogen-bond acceptors (Lipinski definition) is 5. The van der Waals surface area contributed by atoms with Gasteiger partial charge in [-0.1, -0.05) is 45.0 Å². The lowest BCUT2D eigenvalue weighted by Crippen LogP contribution is -2.43. The van der Waals surface area contributed by atoms with Crippen LogP contribution in [0.2, 0.25) is 0 Å². The van der Waals surface area contributed by atoms with E-state index in [1.54, 1.807) is 12.1 Å². The van der Waals surface area contributed by atoms with Gasteiger partial charge in [-0.3, -0.25) is 4.79 Å². The number of para-hydroxylation sites is 1. The molecule has 0 saturated heterocycles. The molecule has 0 unspecified atom stereocenters. The second kappa shape index (κ2) is 7.85. The zero-order valence-corrected chi connectivity index (χ0v) is 18.4. The van der Waals surface area contributed by atoms with Crippen LogP contribution in [0.25, 0.3) is 0 Å². The third-order valence-electron chi connectivity index (χ3n) is 5.72. The van der Waals surface area contributed by atoms with Gasteiger partial charge in [0.25, 0.3) is 10.0 Å². The van der Waals surface area contributed by atoms with Gasteiger partial charge in [0.1, 0.15) is 16.4 Å². The first-order valence-electron chi connectivity index (χ1n) is 9.72. The first kappa shape index (κ1) is 22.6. The van der Waals surface area contributed by atoms with Crippen LogP contribution in [0.4, 0.5) is 0 Å². The zero-order chi connectivity index (χ0) is 23.0. The van der Waals surface area contributed by atoms with Crippen LogP contribution in [0.3, 0.4) is 0 Å². The van der Waals surface area contributed by atoms with E-state index in [2.05, 4.69) is 11.3 Å². The second-order valence-corrected chi connectivity index (χ2v) is 10.2. The molecule has 1 aliphatic rings. The van der Waals surface area contributed by atoms with Crippen molar-refractivity contribution in [3.8, 4) is 11.5 Å². The number of carbonyl (C=O) groups excluding carboxylic acids is 1. The van der Waals surface area contributed by atoms with Gasteiger partial charge in [0.05, 0.1) is 11.0 Å². The van der Waals surface area contributed by atoms with Crippen molar-refractivity contribution in [1.29, 1.82) is 0 Å². The molecule has 2 aromatic carbocycles. The first-order valence-corrected chi connectivity index (χ1v) is 11.2. The highest BCUT2D eigenvalue weighted by Gasteiger charge is 2.65. The van der Waals surface area contributed by atoms with Crippen LogP contribution in [-0.4, -0.2) is 25.4 Å². The SMILES string of the molecule is C=C[C@@H]1C[C@@]1(C(=O)NS(=O)(=O)c1ccccc1Oc1cccc(C(=O)O)c1)C(C)(C)C. The first-order chi connectivity index (χ1) is 14.4. The van der Waals surface area contributed by atoms with Crippen LogP contribution in [-0.2, 0) is 14.8 Å². The Labute approximate surface area is 181 Å². The molecule has 31 heavy (non-hydrogen) atoms. The predicted molar refractivity (Wildman–Crippen MR) is 115 cm³/mol. The van der Waals surface area contributed by atoms with Crippen LogP contribution < -0.4 is 9.46 Å². The number of carbonyl (C=O) groups is 2. The van der Waals surface area contributed by atoms with Gasteiger partial charge in [-0.15, -0.1) is 6.58 Å². The molecule has 0 radical (unpaired) electrons. The molecule has 1 amide bonds. The molecule has 1 aliphatic carbocycles. The van der Waals surface area contributed by atoms with Crippen LogP contribution in [0.1, 0.15) is 37.6 Å². The number of nitrogens with one attached hydrogen (secondary N) is 1. The van der Waals surface area contributed by atoms with Gasteiger partial charge in [-0.25, -0.2) is 17.9 Å². The third-order valence-corrected chi connectivity index (χ3v) is 7.09. The van der Waals surface area contributed by atoms with Crippen molar-refractivity contribution >= 4 is 21.9 Å². The average Bonchev–Trinajstić information content (AvgIpc) is 3.44. The van der Waals surface area contributed by atoms with E-state index in [1.807, 2.05) is 20.8 Å². The molecule has 2 atom stereocenters. The number of hydrogen-bond donors (Lipinski definition) is 2. The van der Waals surface area contributed by atoms with Crippen molar-refractivity contribution in [3.63, 3.8) is 0 Å². The Balaban J connectivity index is 1.91. The fraction of sp³-hybridized carbons (Fsp3) is 0.304. The Hall–Kier alpha value is -3.13. The molecular formula is C23H25NO6S. The van der Waals surface area contributed by atoms with Crippen molar-refractivity contribution in [2.24, 2.45) is 16.7 Å². The molecule has 164 valence electrons. The highest BCUT2D eigenvalue weighted by atomic mass is 32.2. The molecule has 0 aliphatic heterocycles. The van der Waals surface area contributed by atoms with Gasteiger partial charge in [-0.05, 0) is 48.1 Å². The molecule has 0 spiro atoms. The highest BCUT2D eigenvalue weighted by Crippen LogP contribution is 2.64. The molecule has 2 N–H and O–H groups in total. The fourth-order valence-corrected chi connectivity index (χ4v) is 5.05. The fourth-order valence-electron chi connectivity index (χ4n) is 3.88. The topological polar surface area (TPSA) is 110 Å². The molecular weight excluding hydrogens is 418 g/mol. The summed E-state index contributed by atoms with van der Waals surface area (Å²) >= 11 is 0. The van der Waals surface area contributed by atoms with Gasteiger partial charge in [0, 0.05) is 0 Å². The van der Waals surface area contributed by atoms with Crippen molar-refractivity contribution in [2.75, 3.05) is 0 Å². The zero-order valence-electron chi connectivity index (χ0n) is 17.6. The summed E-state index contributed by atoms with van der Waals surface area (Å²) < 4.78 is 34.1. The number of allylic oxidation sites excluding steroid dienone is 1. The van der Waals surface area contributed by atoms with Crippen LogP contribution in [0.15, 0.2) is 66.1 Å². The minimum absolute atomic E-state index is 0.00228. The molecule has 7 nitrogen and oxygen atoms in total. The van der Waals surface area contributed by atoms with Gasteiger partial charge in [-0.2, -0.15) is 0 Å². The maximum atomic E-state index is 13.1. The number of carboxylic acids is 1. The van der Waals surface area contributed by atoms with Gasteiger partial charge < -0.3 is 9.84 Å². The molecule has 0 heterocycles. The van der Waals surface area contributed by atoms with Gasteiger partial charge in [0.2, 0.25) is 5.91 Å². The quantitative estimate of drug-likeness (QED) is 0.620. The van der Waals surface area contributed by atoms with E-state index < -0.39 is 32.7 Å². The summed E-state index contributed by atoms with van der Waals surface area (Å²) in [6, 6.07) is 11.6. The van der Waals surface area contributed by atoms with E-state index >= 15 is 0 Å². The summed E-state index contributed by atoms with van der Waals surface area (Å²) in [5.41, 5.74) is -1.31. The lowest BCUT2D eigenvalue weighted by Gasteiger charge is -2.30. The van der Waals surface area contributed by atoms with Crippen molar-refractivity contribution in [1.82, 2.24) is 4.72 Å². The highest BCUT2D eigenvalue weighted by molar-refractivity contribution is 7.90. The predicted octanol–water partition coefficient (Wildman–Crippen LogP) is 4.22. The molecule has 8 heteroatoms. The molecule has 1 fully saturated rings. The number of carboxylic acid groups (broad SMARTS) is 1. The maximum Gasteiger partial charge on any atom is 0.335 e. The normalized spacial score (nSPS) is 20.5. The Morgan fingerprint density at radius 2 is 1.87 bits per heavy atom. The smallest absolute Gasteiger partial charge is 0.335 e. The molecule has 2 aromatic rings. The Kier molecular flexibility index (Phi) is 5.71. The average molecular weight is 444 g/mol. The minimum Gasteiger partial charge on any atom is -0.478 e. The number of amides is 1. The summed E-state index contributed by atoms with van der Waals surface area (Å²) in [4.78, 5) is 24.0. The van der Waals surface area contributed by atoms with Gasteiger partial charge >= 0.3 is 5.97 Å². The standard InChI is InChI=1S/C23H25NO6S/c1-5-16-14-23(16,22(2,3)4)21(27)24-31(28,29)19-12-7-6-11-18(19)30-17-10-8-9-15(13-17)20(25)26/h5-13,16H,1,14H2,2-4H3,(H,24,27)(H,25,26)/t16-,23-/m1/s1. The Morgan fingerprint density at radius 1 is 1.19 bits per heavy atom. The van der Waals surface area contributed by atoms with E-state index in [9.17, 15) is 18.0 Å². The summed E-state index contributed by atoms with van der Waals surface area (Å²) in [6.07, 6.45) is 2.21. The van der Waals surface area contributed by atoms with Crippen LogP contribution >= 0.6 is 0 Å². The number of aromatic carboxylic acids is 1. The lowest BCUT2D eigenvalue weighted by molar-refractivity contribution is -0.128. The summed E-state index contributed by atoms with van der Waals surface area (Å²) in [5.74, 6) is -1.67. The third kappa shape index (κ3) is 4.20. The van der Waals surface area contributed by atoms with E-state index in [0.717, 1.165) is 0 Å². The largest absolute Gasteiger partial charge is 0.478 e. The second-order valence-electron chi connectivity index (χ2n) is 8.58. The summed E-state index contributed by atoms with van der Waals surface area (Å²) in [6.45, 7) is 9.45. The van der Waals surface area contributed by atoms with Gasteiger partial charge in [0.15, 0.2) is 0 Å².